The fourth-order valence-electron chi connectivity index (χ4n) is 1.80. The van der Waals surface area contributed by atoms with Crippen LogP contribution in [0.1, 0.15) is 33.2 Å². The molecule has 0 saturated carbocycles. The Morgan fingerprint density at radius 3 is 2.10 bits per heavy atom. The van der Waals surface area contributed by atoms with Gasteiger partial charge in [0.05, 0.1) is 9.75 Å². The van der Waals surface area contributed by atoms with Gasteiger partial charge in [0.25, 0.3) is 11.8 Å². The number of thiophene rings is 2. The first kappa shape index (κ1) is 15.7. The molecule has 0 unspecified atom stereocenters. The van der Waals surface area contributed by atoms with Crippen molar-refractivity contribution in [1.82, 2.24) is 10.6 Å². The lowest BCUT2D eigenvalue weighted by molar-refractivity contribution is 0.0901. The molecule has 2 aromatic heterocycles. The van der Waals surface area contributed by atoms with E-state index in [0.717, 1.165) is 0 Å². The second kappa shape index (κ2) is 7.38. The third-order valence-electron chi connectivity index (χ3n) is 3.09. The van der Waals surface area contributed by atoms with E-state index < -0.39 is 0 Å². The van der Waals surface area contributed by atoms with Crippen molar-refractivity contribution in [3.63, 3.8) is 0 Å². The Hall–Kier alpha value is -1.66. The van der Waals surface area contributed by atoms with Gasteiger partial charge in [0.2, 0.25) is 0 Å². The van der Waals surface area contributed by atoms with Crippen LogP contribution in [0.2, 0.25) is 0 Å². The highest BCUT2D eigenvalue weighted by atomic mass is 32.1. The summed E-state index contributed by atoms with van der Waals surface area (Å²) >= 11 is 2.81. The quantitative estimate of drug-likeness (QED) is 0.859. The third kappa shape index (κ3) is 4.41. The van der Waals surface area contributed by atoms with E-state index in [2.05, 4.69) is 10.6 Å². The van der Waals surface area contributed by atoms with Gasteiger partial charge < -0.3 is 10.6 Å². The van der Waals surface area contributed by atoms with Crippen LogP contribution in [0.5, 0.6) is 0 Å². The van der Waals surface area contributed by atoms with Crippen LogP contribution in [-0.2, 0) is 0 Å². The van der Waals surface area contributed by atoms with Gasteiger partial charge in [-0.1, -0.05) is 26.0 Å². The van der Waals surface area contributed by atoms with Gasteiger partial charge in [0.1, 0.15) is 0 Å². The number of amides is 2. The first-order chi connectivity index (χ1) is 10.1. The first-order valence-electron chi connectivity index (χ1n) is 6.74. The van der Waals surface area contributed by atoms with Crippen LogP contribution >= 0.6 is 22.7 Å². The van der Waals surface area contributed by atoms with Crippen molar-refractivity contribution in [2.75, 3.05) is 6.54 Å². The van der Waals surface area contributed by atoms with Crippen molar-refractivity contribution in [3.05, 3.63) is 44.8 Å². The van der Waals surface area contributed by atoms with Crippen LogP contribution in [0.4, 0.5) is 0 Å². The minimum absolute atomic E-state index is 0.0888. The SMILES string of the molecule is CC(C)[C@@H](CNC(=O)c1cccs1)NC(=O)c1cccs1. The van der Waals surface area contributed by atoms with Crippen molar-refractivity contribution in [1.29, 1.82) is 0 Å². The maximum atomic E-state index is 12.1. The standard InChI is InChI=1S/C15H18N2O2S2/c1-10(2)11(17-15(19)13-6-4-8-21-13)9-16-14(18)12-5-3-7-20-12/h3-8,10-11H,9H2,1-2H3,(H,16,18)(H,17,19)/t11-/m1/s1. The van der Waals surface area contributed by atoms with E-state index in [9.17, 15) is 9.59 Å². The molecule has 0 radical (unpaired) electrons. The topological polar surface area (TPSA) is 58.2 Å². The lowest BCUT2D eigenvalue weighted by Crippen LogP contribution is -2.46. The molecular formula is C15H18N2O2S2. The zero-order valence-corrected chi connectivity index (χ0v) is 13.6. The molecule has 0 fully saturated rings. The highest BCUT2D eigenvalue weighted by Gasteiger charge is 2.19. The van der Waals surface area contributed by atoms with Crippen molar-refractivity contribution >= 4 is 34.5 Å². The lowest BCUT2D eigenvalue weighted by atomic mass is 10.0. The van der Waals surface area contributed by atoms with Crippen molar-refractivity contribution in [2.45, 2.75) is 19.9 Å². The third-order valence-corrected chi connectivity index (χ3v) is 4.83. The number of carbonyl (C=O) groups excluding carboxylic acids is 2. The zero-order chi connectivity index (χ0) is 15.2. The molecule has 0 aliphatic carbocycles. The highest BCUT2D eigenvalue weighted by Crippen LogP contribution is 2.11. The molecule has 2 amide bonds. The van der Waals surface area contributed by atoms with Crippen LogP contribution in [0.3, 0.4) is 0 Å². The van der Waals surface area contributed by atoms with Crippen molar-refractivity contribution in [2.24, 2.45) is 5.92 Å². The Bertz CT molecular complexity index is 577. The highest BCUT2D eigenvalue weighted by molar-refractivity contribution is 7.12. The van der Waals surface area contributed by atoms with E-state index in [1.165, 1.54) is 22.7 Å². The average Bonchev–Trinajstić information content (AvgIpc) is 3.14. The number of hydrogen-bond acceptors (Lipinski definition) is 4. The smallest absolute Gasteiger partial charge is 0.261 e. The van der Waals surface area contributed by atoms with Gasteiger partial charge in [0.15, 0.2) is 0 Å². The van der Waals surface area contributed by atoms with Gasteiger partial charge in [-0.15, -0.1) is 22.7 Å². The summed E-state index contributed by atoms with van der Waals surface area (Å²) in [5.74, 6) is 0.0487. The van der Waals surface area contributed by atoms with Gasteiger partial charge >= 0.3 is 0 Å². The monoisotopic (exact) mass is 322 g/mol. The Kier molecular flexibility index (Phi) is 5.52. The molecule has 0 aliphatic heterocycles. The molecule has 112 valence electrons. The van der Waals surface area contributed by atoms with Crippen molar-refractivity contribution in [3.8, 4) is 0 Å². The Morgan fingerprint density at radius 1 is 1.05 bits per heavy atom. The molecule has 0 bridgehead atoms. The number of hydrogen-bond donors (Lipinski definition) is 2. The second-order valence-electron chi connectivity index (χ2n) is 4.99. The van der Waals surface area contributed by atoms with E-state index >= 15 is 0 Å². The summed E-state index contributed by atoms with van der Waals surface area (Å²) in [6, 6.07) is 7.18. The van der Waals surface area contributed by atoms with E-state index in [-0.39, 0.29) is 23.8 Å². The summed E-state index contributed by atoms with van der Waals surface area (Å²) in [6.45, 7) is 4.47. The Labute approximate surface area is 132 Å². The summed E-state index contributed by atoms with van der Waals surface area (Å²) in [5, 5.41) is 9.60. The van der Waals surface area contributed by atoms with Crippen LogP contribution in [0.15, 0.2) is 35.0 Å². The first-order valence-corrected chi connectivity index (χ1v) is 8.50. The van der Waals surface area contributed by atoms with Gasteiger partial charge in [0, 0.05) is 12.6 Å². The predicted octanol–water partition coefficient (Wildman–Crippen LogP) is 2.99. The molecule has 4 nitrogen and oxygen atoms in total. The fourth-order valence-corrected chi connectivity index (χ4v) is 3.07. The molecule has 0 spiro atoms. The van der Waals surface area contributed by atoms with Crippen LogP contribution in [0, 0.1) is 5.92 Å². The van der Waals surface area contributed by atoms with Gasteiger partial charge in [-0.05, 0) is 28.8 Å². The van der Waals surface area contributed by atoms with Crippen LogP contribution < -0.4 is 10.6 Å². The second-order valence-corrected chi connectivity index (χ2v) is 6.88. The van der Waals surface area contributed by atoms with E-state index in [4.69, 9.17) is 0 Å². The van der Waals surface area contributed by atoms with Gasteiger partial charge in [-0.2, -0.15) is 0 Å². The fraction of sp³-hybridized carbons (Fsp3) is 0.333. The Morgan fingerprint density at radius 2 is 1.62 bits per heavy atom. The van der Waals surface area contributed by atoms with Crippen LogP contribution in [0.25, 0.3) is 0 Å². The normalized spacial score (nSPS) is 12.1. The Balaban J connectivity index is 1.90. The van der Waals surface area contributed by atoms with Crippen LogP contribution in [-0.4, -0.2) is 24.4 Å². The number of rotatable bonds is 6. The largest absolute Gasteiger partial charge is 0.349 e. The number of carbonyl (C=O) groups is 2. The van der Waals surface area contributed by atoms with E-state index in [0.29, 0.717) is 16.3 Å². The molecule has 1 atom stereocenters. The molecule has 6 heteroatoms. The average molecular weight is 322 g/mol. The van der Waals surface area contributed by atoms with Crippen molar-refractivity contribution < 1.29 is 9.59 Å². The number of nitrogens with one attached hydrogen (secondary N) is 2. The molecule has 21 heavy (non-hydrogen) atoms. The van der Waals surface area contributed by atoms with E-state index in [1.54, 1.807) is 12.1 Å². The molecule has 2 heterocycles. The molecule has 2 rings (SSSR count). The summed E-state index contributed by atoms with van der Waals surface area (Å²) in [6.07, 6.45) is 0. The summed E-state index contributed by atoms with van der Waals surface area (Å²) in [7, 11) is 0. The minimum Gasteiger partial charge on any atom is -0.349 e. The maximum Gasteiger partial charge on any atom is 0.261 e. The molecule has 2 N–H and O–H groups in total. The lowest BCUT2D eigenvalue weighted by Gasteiger charge is -2.22. The molecule has 0 aliphatic rings. The minimum atomic E-state index is -0.0963. The van der Waals surface area contributed by atoms with Gasteiger partial charge in [-0.3, -0.25) is 9.59 Å². The van der Waals surface area contributed by atoms with Gasteiger partial charge in [-0.25, -0.2) is 0 Å². The molecule has 0 aromatic carbocycles. The molecule has 0 saturated heterocycles. The molecular weight excluding hydrogens is 304 g/mol. The summed E-state index contributed by atoms with van der Waals surface area (Å²) < 4.78 is 0. The molecule has 2 aromatic rings. The zero-order valence-electron chi connectivity index (χ0n) is 12.0. The summed E-state index contributed by atoms with van der Waals surface area (Å²) in [4.78, 5) is 25.4. The predicted molar refractivity (Wildman–Crippen MR) is 87.1 cm³/mol. The van der Waals surface area contributed by atoms with E-state index in [1.807, 2.05) is 36.7 Å². The summed E-state index contributed by atoms with van der Waals surface area (Å²) in [5.41, 5.74) is 0. The maximum absolute atomic E-state index is 12.1.